The maximum Gasteiger partial charge on any atom is 0.417 e. The Hall–Kier alpha value is -4.65. The molecule has 2 aromatic heterocycles. The van der Waals surface area contributed by atoms with E-state index in [1.165, 1.54) is 6.07 Å². The van der Waals surface area contributed by atoms with E-state index in [0.717, 1.165) is 11.1 Å². The number of nitrogens with one attached hydrogen (secondary N) is 1. The maximum atomic E-state index is 12.7. The summed E-state index contributed by atoms with van der Waals surface area (Å²) in [7, 11) is 0. The number of para-hydroxylation sites is 2. The summed E-state index contributed by atoms with van der Waals surface area (Å²) in [6, 6.07) is 21.1. The van der Waals surface area contributed by atoms with Crippen LogP contribution < -0.4 is 10.1 Å². The lowest BCUT2D eigenvalue weighted by Crippen LogP contribution is -2.17. The van der Waals surface area contributed by atoms with Gasteiger partial charge in [0, 0.05) is 10.8 Å². The molecule has 1 amide bonds. The molecule has 0 aliphatic carbocycles. The van der Waals surface area contributed by atoms with Crippen LogP contribution in [0.25, 0.3) is 33.3 Å². The summed E-state index contributed by atoms with van der Waals surface area (Å²) >= 11 is 0. The fraction of sp³-hybridized carbons (Fsp3) is 0.0741. The van der Waals surface area contributed by atoms with E-state index < -0.39 is 12.1 Å². The number of furan rings is 1. The Morgan fingerprint density at radius 2 is 1.65 bits per heavy atom. The molecule has 34 heavy (non-hydrogen) atoms. The molecular weight excluding hydrogens is 432 g/mol. The molecular formula is C27H20N2O5. The number of aromatic carboxylic acids is 1. The van der Waals surface area contributed by atoms with E-state index >= 15 is 0 Å². The van der Waals surface area contributed by atoms with Crippen LogP contribution >= 0.6 is 0 Å². The average Bonchev–Trinajstić information content (AvgIpc) is 3.19. The predicted octanol–water partition coefficient (Wildman–Crippen LogP) is 6.57. The molecule has 5 rings (SSSR count). The number of hydrogen-bond donors (Lipinski definition) is 2. The smallest absolute Gasteiger partial charge is 0.417 e. The number of rotatable bonds is 4. The fourth-order valence-corrected chi connectivity index (χ4v) is 4.00. The third-order valence-corrected chi connectivity index (χ3v) is 5.61. The minimum atomic E-state index is -1.07. The molecule has 2 N–H and O–H groups in total. The summed E-state index contributed by atoms with van der Waals surface area (Å²) in [5.41, 5.74) is 3.49. The number of aromatic nitrogens is 1. The lowest BCUT2D eigenvalue weighted by atomic mass is 9.99. The number of ether oxygens (including phenoxy) is 1. The Morgan fingerprint density at radius 1 is 0.941 bits per heavy atom. The summed E-state index contributed by atoms with van der Waals surface area (Å²) < 4.78 is 11.5. The average molecular weight is 452 g/mol. The van der Waals surface area contributed by atoms with Gasteiger partial charge in [0.15, 0.2) is 5.76 Å². The first-order valence-electron chi connectivity index (χ1n) is 10.6. The van der Waals surface area contributed by atoms with Crippen LogP contribution in [0, 0.1) is 13.8 Å². The van der Waals surface area contributed by atoms with Gasteiger partial charge in [-0.15, -0.1) is 0 Å². The highest BCUT2D eigenvalue weighted by atomic mass is 16.6. The first kappa shape index (κ1) is 21.2. The molecule has 3 aromatic carbocycles. The predicted molar refractivity (Wildman–Crippen MR) is 129 cm³/mol. The molecule has 2 heterocycles. The van der Waals surface area contributed by atoms with Crippen molar-refractivity contribution in [3.8, 4) is 17.2 Å². The van der Waals surface area contributed by atoms with Crippen LogP contribution in [0.4, 0.5) is 10.5 Å². The number of benzene rings is 3. The van der Waals surface area contributed by atoms with E-state index in [4.69, 9.17) is 14.1 Å². The molecule has 0 saturated carbocycles. The summed E-state index contributed by atoms with van der Waals surface area (Å²) in [4.78, 5) is 29.6. The number of carbonyl (C=O) groups excluding carboxylic acids is 1. The highest BCUT2D eigenvalue weighted by Gasteiger charge is 2.23. The molecule has 7 heteroatoms. The van der Waals surface area contributed by atoms with E-state index in [1.807, 2.05) is 44.2 Å². The molecule has 0 aliphatic heterocycles. The van der Waals surface area contributed by atoms with Gasteiger partial charge < -0.3 is 14.3 Å². The van der Waals surface area contributed by atoms with Gasteiger partial charge in [-0.25, -0.2) is 14.6 Å². The number of carbonyl (C=O) groups is 2. The van der Waals surface area contributed by atoms with Crippen LogP contribution in [-0.4, -0.2) is 22.2 Å². The van der Waals surface area contributed by atoms with Crippen molar-refractivity contribution in [2.24, 2.45) is 0 Å². The Kier molecular flexibility index (Phi) is 5.22. The SMILES string of the molecule is Cc1ccc(C)c2c(C(=O)O)cc(-c3oc4ccccc4c3NC(=O)Oc3ccccc3)nc12. The zero-order chi connectivity index (χ0) is 23.8. The van der Waals surface area contributed by atoms with Crippen molar-refractivity contribution in [3.63, 3.8) is 0 Å². The molecule has 0 bridgehead atoms. The number of amides is 1. The van der Waals surface area contributed by atoms with Crippen LogP contribution in [0.5, 0.6) is 5.75 Å². The van der Waals surface area contributed by atoms with E-state index in [-0.39, 0.29) is 11.3 Å². The van der Waals surface area contributed by atoms with E-state index in [0.29, 0.717) is 39.0 Å². The molecule has 0 fully saturated rings. The molecule has 0 unspecified atom stereocenters. The standard InChI is InChI=1S/C27H20N2O5/c1-15-12-13-16(2)23-22(15)19(26(30)31)14-20(28-23)25-24(18-10-6-7-11-21(18)34-25)29-27(32)33-17-8-4-3-5-9-17/h3-14H,1-2H3,(H,29,32)(H,30,31). The Morgan fingerprint density at radius 3 is 2.41 bits per heavy atom. The van der Waals surface area contributed by atoms with Crippen molar-refractivity contribution in [3.05, 3.63) is 89.5 Å². The number of pyridine rings is 1. The van der Waals surface area contributed by atoms with Gasteiger partial charge in [0.1, 0.15) is 22.7 Å². The molecule has 0 aliphatic rings. The van der Waals surface area contributed by atoms with Crippen molar-refractivity contribution in [2.45, 2.75) is 13.8 Å². The van der Waals surface area contributed by atoms with Crippen molar-refractivity contribution in [1.29, 1.82) is 0 Å². The summed E-state index contributed by atoms with van der Waals surface area (Å²) in [6.45, 7) is 3.72. The highest BCUT2D eigenvalue weighted by molar-refractivity contribution is 6.08. The van der Waals surface area contributed by atoms with Crippen LogP contribution in [0.3, 0.4) is 0 Å². The fourth-order valence-electron chi connectivity index (χ4n) is 4.00. The Balaban J connectivity index is 1.68. The molecule has 0 atom stereocenters. The second-order valence-corrected chi connectivity index (χ2v) is 7.91. The van der Waals surface area contributed by atoms with Gasteiger partial charge in [-0.1, -0.05) is 42.5 Å². The van der Waals surface area contributed by atoms with Crippen LogP contribution in [0.15, 0.2) is 77.2 Å². The van der Waals surface area contributed by atoms with E-state index in [2.05, 4.69) is 5.32 Å². The topological polar surface area (TPSA) is 102 Å². The molecule has 0 saturated heterocycles. The van der Waals surface area contributed by atoms with Gasteiger partial charge in [-0.05, 0) is 55.3 Å². The number of hydrogen-bond acceptors (Lipinski definition) is 5. The number of fused-ring (bicyclic) bond motifs is 2. The number of carboxylic acids is 1. The molecule has 0 spiro atoms. The largest absolute Gasteiger partial charge is 0.478 e. The third kappa shape index (κ3) is 3.73. The number of nitrogens with zero attached hydrogens (tertiary/aromatic N) is 1. The second-order valence-electron chi connectivity index (χ2n) is 7.91. The van der Waals surface area contributed by atoms with Crippen molar-refractivity contribution in [1.82, 2.24) is 4.98 Å². The van der Waals surface area contributed by atoms with Gasteiger partial charge in [-0.2, -0.15) is 0 Å². The highest BCUT2D eigenvalue weighted by Crippen LogP contribution is 2.39. The Bertz CT molecular complexity index is 1570. The van der Waals surface area contributed by atoms with Gasteiger partial charge in [-0.3, -0.25) is 5.32 Å². The number of anilines is 1. The number of carboxylic acid groups (broad SMARTS) is 1. The normalized spacial score (nSPS) is 11.0. The van der Waals surface area contributed by atoms with Gasteiger partial charge in [0.05, 0.1) is 11.1 Å². The van der Waals surface area contributed by atoms with Gasteiger partial charge in [0.2, 0.25) is 0 Å². The molecule has 5 aromatic rings. The monoisotopic (exact) mass is 452 g/mol. The number of aryl methyl sites for hydroxylation is 2. The second kappa shape index (κ2) is 8.37. The van der Waals surface area contributed by atoms with E-state index in [9.17, 15) is 14.7 Å². The van der Waals surface area contributed by atoms with Crippen molar-refractivity contribution in [2.75, 3.05) is 5.32 Å². The molecule has 7 nitrogen and oxygen atoms in total. The quantitative estimate of drug-likeness (QED) is 0.320. The van der Waals surface area contributed by atoms with Gasteiger partial charge in [0.25, 0.3) is 0 Å². The minimum Gasteiger partial charge on any atom is -0.478 e. The van der Waals surface area contributed by atoms with Crippen molar-refractivity contribution < 1.29 is 23.8 Å². The zero-order valence-corrected chi connectivity index (χ0v) is 18.5. The summed E-state index contributed by atoms with van der Waals surface area (Å²) in [6.07, 6.45) is -0.703. The zero-order valence-electron chi connectivity index (χ0n) is 18.5. The van der Waals surface area contributed by atoms with Crippen LogP contribution in [0.2, 0.25) is 0 Å². The Labute approximate surface area is 194 Å². The van der Waals surface area contributed by atoms with Gasteiger partial charge >= 0.3 is 12.1 Å². The summed E-state index contributed by atoms with van der Waals surface area (Å²) in [5, 5.41) is 13.9. The van der Waals surface area contributed by atoms with Crippen LogP contribution in [0.1, 0.15) is 21.5 Å². The van der Waals surface area contributed by atoms with Crippen molar-refractivity contribution >= 4 is 39.6 Å². The van der Waals surface area contributed by atoms with Crippen LogP contribution in [-0.2, 0) is 0 Å². The first-order valence-corrected chi connectivity index (χ1v) is 10.6. The lowest BCUT2D eigenvalue weighted by Gasteiger charge is -2.11. The maximum absolute atomic E-state index is 12.7. The molecule has 168 valence electrons. The van der Waals surface area contributed by atoms with E-state index in [1.54, 1.807) is 36.4 Å². The first-order chi connectivity index (χ1) is 16.4. The lowest BCUT2D eigenvalue weighted by molar-refractivity contribution is 0.0699. The molecule has 0 radical (unpaired) electrons. The third-order valence-electron chi connectivity index (χ3n) is 5.61. The summed E-state index contributed by atoms with van der Waals surface area (Å²) in [5.74, 6) is -0.439. The minimum absolute atomic E-state index is 0.111.